The molecule has 0 aromatic heterocycles. The van der Waals surface area contributed by atoms with Crippen LogP contribution in [-0.4, -0.2) is 12.5 Å². The lowest BCUT2D eigenvalue weighted by Crippen LogP contribution is -2.21. The summed E-state index contributed by atoms with van der Waals surface area (Å²) in [6.45, 7) is 0.185. The van der Waals surface area contributed by atoms with Crippen molar-refractivity contribution >= 4 is 40.5 Å². The number of halogens is 2. The highest BCUT2D eigenvalue weighted by molar-refractivity contribution is 6.30. The standard InChI is InChI=1S/C14H12Cl2N2O/c15-10-1-5-12(6-2-10)17-9-14(19)18-13-7-3-11(16)4-8-13/h1-8,17H,9H2,(H,18,19). The number of rotatable bonds is 4. The van der Waals surface area contributed by atoms with Crippen LogP contribution in [0.25, 0.3) is 0 Å². The Morgan fingerprint density at radius 2 is 1.32 bits per heavy atom. The predicted octanol–water partition coefficient (Wildman–Crippen LogP) is 4.04. The molecule has 0 aliphatic carbocycles. The first-order valence-corrected chi connectivity index (χ1v) is 6.44. The van der Waals surface area contributed by atoms with E-state index in [1.54, 1.807) is 36.4 Å². The van der Waals surface area contributed by atoms with E-state index in [-0.39, 0.29) is 12.5 Å². The molecule has 2 aromatic rings. The summed E-state index contributed by atoms with van der Waals surface area (Å²) in [6, 6.07) is 14.1. The predicted molar refractivity (Wildman–Crippen MR) is 80.0 cm³/mol. The van der Waals surface area contributed by atoms with Crippen molar-refractivity contribution in [3.63, 3.8) is 0 Å². The lowest BCUT2D eigenvalue weighted by molar-refractivity contribution is -0.114. The zero-order valence-electron chi connectivity index (χ0n) is 9.99. The van der Waals surface area contributed by atoms with Gasteiger partial charge in [-0.2, -0.15) is 0 Å². The number of benzene rings is 2. The maximum atomic E-state index is 11.7. The molecule has 0 bridgehead atoms. The first-order valence-electron chi connectivity index (χ1n) is 5.68. The molecule has 3 nitrogen and oxygen atoms in total. The molecule has 2 rings (SSSR count). The molecule has 0 aliphatic rings. The van der Waals surface area contributed by atoms with Crippen LogP contribution in [0.2, 0.25) is 10.0 Å². The number of nitrogens with one attached hydrogen (secondary N) is 2. The Bertz CT molecular complexity index is 553. The van der Waals surface area contributed by atoms with Gasteiger partial charge >= 0.3 is 0 Å². The van der Waals surface area contributed by atoms with Crippen LogP contribution < -0.4 is 10.6 Å². The lowest BCUT2D eigenvalue weighted by atomic mass is 10.3. The number of amides is 1. The summed E-state index contributed by atoms with van der Waals surface area (Å²) in [6.07, 6.45) is 0. The molecule has 0 aliphatic heterocycles. The summed E-state index contributed by atoms with van der Waals surface area (Å²) in [5, 5.41) is 7.07. The summed E-state index contributed by atoms with van der Waals surface area (Å²) in [4.78, 5) is 11.7. The van der Waals surface area contributed by atoms with Gasteiger partial charge in [0.05, 0.1) is 6.54 Å². The van der Waals surface area contributed by atoms with Crippen LogP contribution >= 0.6 is 23.2 Å². The third kappa shape index (κ3) is 4.47. The summed E-state index contributed by atoms with van der Waals surface area (Å²) >= 11 is 11.5. The molecule has 98 valence electrons. The summed E-state index contributed by atoms with van der Waals surface area (Å²) in [5.74, 6) is -0.128. The quantitative estimate of drug-likeness (QED) is 0.893. The fraction of sp³-hybridized carbons (Fsp3) is 0.0714. The Balaban J connectivity index is 1.84. The lowest BCUT2D eigenvalue weighted by Gasteiger charge is -2.08. The molecule has 0 unspecified atom stereocenters. The van der Waals surface area contributed by atoms with E-state index in [9.17, 15) is 4.79 Å². The molecule has 0 spiro atoms. The number of anilines is 2. The minimum Gasteiger partial charge on any atom is -0.376 e. The van der Waals surface area contributed by atoms with Gasteiger partial charge in [-0.15, -0.1) is 0 Å². The minimum absolute atomic E-state index is 0.128. The van der Waals surface area contributed by atoms with Gasteiger partial charge in [-0.25, -0.2) is 0 Å². The fourth-order valence-electron chi connectivity index (χ4n) is 1.49. The van der Waals surface area contributed by atoms with Crippen LogP contribution in [0.1, 0.15) is 0 Å². The van der Waals surface area contributed by atoms with Crippen molar-refractivity contribution in [1.82, 2.24) is 0 Å². The number of carbonyl (C=O) groups is 1. The Morgan fingerprint density at radius 3 is 1.84 bits per heavy atom. The van der Waals surface area contributed by atoms with E-state index < -0.39 is 0 Å². The molecule has 2 aromatic carbocycles. The SMILES string of the molecule is O=C(CNc1ccc(Cl)cc1)Nc1ccc(Cl)cc1. The third-order valence-electron chi connectivity index (χ3n) is 2.43. The molecule has 0 atom stereocenters. The van der Waals surface area contributed by atoms with Gasteiger partial charge in [-0.05, 0) is 48.5 Å². The van der Waals surface area contributed by atoms with E-state index in [0.29, 0.717) is 15.7 Å². The van der Waals surface area contributed by atoms with Gasteiger partial charge in [0.1, 0.15) is 0 Å². The fourth-order valence-corrected chi connectivity index (χ4v) is 1.74. The van der Waals surface area contributed by atoms with E-state index in [0.717, 1.165) is 5.69 Å². The second-order valence-electron chi connectivity index (χ2n) is 3.92. The third-order valence-corrected chi connectivity index (χ3v) is 2.93. The maximum absolute atomic E-state index is 11.7. The van der Waals surface area contributed by atoms with E-state index in [1.165, 1.54) is 0 Å². The summed E-state index contributed by atoms with van der Waals surface area (Å²) in [7, 11) is 0. The maximum Gasteiger partial charge on any atom is 0.243 e. The van der Waals surface area contributed by atoms with E-state index in [4.69, 9.17) is 23.2 Å². The van der Waals surface area contributed by atoms with Crippen molar-refractivity contribution < 1.29 is 4.79 Å². The van der Waals surface area contributed by atoms with Gasteiger partial charge < -0.3 is 10.6 Å². The van der Waals surface area contributed by atoms with Gasteiger partial charge in [0.25, 0.3) is 0 Å². The molecule has 0 fully saturated rings. The monoisotopic (exact) mass is 294 g/mol. The second kappa shape index (κ2) is 6.45. The first kappa shape index (κ1) is 13.7. The zero-order chi connectivity index (χ0) is 13.7. The first-order chi connectivity index (χ1) is 9.13. The molecule has 5 heteroatoms. The van der Waals surface area contributed by atoms with Crippen LogP contribution in [0.15, 0.2) is 48.5 Å². The normalized spacial score (nSPS) is 10.0. The molecular formula is C14H12Cl2N2O. The Morgan fingerprint density at radius 1 is 0.842 bits per heavy atom. The summed E-state index contributed by atoms with van der Waals surface area (Å²) < 4.78 is 0. The van der Waals surface area contributed by atoms with Gasteiger partial charge in [0.2, 0.25) is 5.91 Å². The highest BCUT2D eigenvalue weighted by atomic mass is 35.5. The number of hydrogen-bond donors (Lipinski definition) is 2. The minimum atomic E-state index is -0.128. The van der Waals surface area contributed by atoms with Crippen molar-refractivity contribution in [2.75, 3.05) is 17.2 Å². The smallest absolute Gasteiger partial charge is 0.243 e. The molecule has 0 heterocycles. The molecule has 19 heavy (non-hydrogen) atoms. The average molecular weight is 295 g/mol. The molecular weight excluding hydrogens is 283 g/mol. The number of hydrogen-bond acceptors (Lipinski definition) is 2. The van der Waals surface area contributed by atoms with Crippen molar-refractivity contribution in [2.24, 2.45) is 0 Å². The molecule has 0 saturated heterocycles. The van der Waals surface area contributed by atoms with Crippen molar-refractivity contribution in [3.8, 4) is 0 Å². The number of carbonyl (C=O) groups excluding carboxylic acids is 1. The van der Waals surface area contributed by atoms with E-state index >= 15 is 0 Å². The van der Waals surface area contributed by atoms with Crippen LogP contribution in [0.5, 0.6) is 0 Å². The Hall–Kier alpha value is -1.71. The average Bonchev–Trinajstić information content (AvgIpc) is 2.41. The van der Waals surface area contributed by atoms with Crippen LogP contribution in [0, 0.1) is 0 Å². The highest BCUT2D eigenvalue weighted by Crippen LogP contribution is 2.14. The molecule has 1 amide bonds. The molecule has 0 radical (unpaired) electrons. The largest absolute Gasteiger partial charge is 0.376 e. The van der Waals surface area contributed by atoms with Gasteiger partial charge in [-0.1, -0.05) is 23.2 Å². The van der Waals surface area contributed by atoms with Crippen molar-refractivity contribution in [1.29, 1.82) is 0 Å². The van der Waals surface area contributed by atoms with Crippen molar-refractivity contribution in [3.05, 3.63) is 58.6 Å². The van der Waals surface area contributed by atoms with E-state index in [1.807, 2.05) is 12.1 Å². The Labute approximate surface area is 121 Å². The van der Waals surface area contributed by atoms with Crippen LogP contribution in [0.4, 0.5) is 11.4 Å². The highest BCUT2D eigenvalue weighted by Gasteiger charge is 2.02. The molecule has 2 N–H and O–H groups in total. The van der Waals surface area contributed by atoms with Gasteiger partial charge in [0, 0.05) is 21.4 Å². The van der Waals surface area contributed by atoms with Crippen LogP contribution in [0.3, 0.4) is 0 Å². The zero-order valence-corrected chi connectivity index (χ0v) is 11.5. The summed E-state index contributed by atoms with van der Waals surface area (Å²) in [5.41, 5.74) is 1.56. The topological polar surface area (TPSA) is 41.1 Å². The van der Waals surface area contributed by atoms with Crippen molar-refractivity contribution in [2.45, 2.75) is 0 Å². The molecule has 0 saturated carbocycles. The second-order valence-corrected chi connectivity index (χ2v) is 4.79. The van der Waals surface area contributed by atoms with Gasteiger partial charge in [-0.3, -0.25) is 4.79 Å². The van der Waals surface area contributed by atoms with Gasteiger partial charge in [0.15, 0.2) is 0 Å². The Kier molecular flexibility index (Phi) is 4.66. The van der Waals surface area contributed by atoms with Crippen LogP contribution in [-0.2, 0) is 4.79 Å². The van der Waals surface area contributed by atoms with E-state index in [2.05, 4.69) is 10.6 Å².